The molecule has 1 aliphatic heterocycles. The Kier molecular flexibility index (Phi) is 6.18. The van der Waals surface area contributed by atoms with E-state index >= 15 is 0 Å². The summed E-state index contributed by atoms with van der Waals surface area (Å²) in [7, 11) is -3.78. The molecule has 1 aromatic carbocycles. The summed E-state index contributed by atoms with van der Waals surface area (Å²) in [5.74, 6) is 0.433. The summed E-state index contributed by atoms with van der Waals surface area (Å²) in [6.45, 7) is 3.73. The lowest BCUT2D eigenvalue weighted by molar-refractivity contribution is 0.00729. The minimum absolute atomic E-state index is 0.245. The summed E-state index contributed by atoms with van der Waals surface area (Å²) in [6, 6.07) is 11.3. The van der Waals surface area contributed by atoms with E-state index in [0.29, 0.717) is 17.6 Å². The number of thiazole rings is 1. The lowest BCUT2D eigenvalue weighted by Crippen LogP contribution is -2.44. The van der Waals surface area contributed by atoms with Gasteiger partial charge in [0.05, 0.1) is 18.1 Å². The Morgan fingerprint density at radius 2 is 1.77 bits per heavy atom. The molecule has 35 heavy (non-hydrogen) atoms. The zero-order valence-corrected chi connectivity index (χ0v) is 21.0. The third-order valence-corrected chi connectivity index (χ3v) is 9.80. The molecule has 1 saturated carbocycles. The van der Waals surface area contributed by atoms with Gasteiger partial charge in [-0.1, -0.05) is 18.2 Å². The second kappa shape index (κ2) is 9.46. The van der Waals surface area contributed by atoms with E-state index in [-0.39, 0.29) is 4.90 Å². The van der Waals surface area contributed by atoms with Crippen molar-refractivity contribution in [1.82, 2.24) is 18.8 Å². The van der Waals surface area contributed by atoms with Crippen LogP contribution in [0.15, 0.2) is 65.3 Å². The molecule has 9 heteroatoms. The molecule has 4 aromatic rings. The van der Waals surface area contributed by atoms with Crippen molar-refractivity contribution in [1.29, 1.82) is 0 Å². The fourth-order valence-electron chi connectivity index (χ4n) is 5.45. The minimum atomic E-state index is -3.78. The third kappa shape index (κ3) is 4.31. The van der Waals surface area contributed by atoms with Crippen molar-refractivity contribution in [2.24, 2.45) is 0 Å². The van der Waals surface area contributed by atoms with E-state index in [1.807, 2.05) is 17.6 Å². The second-order valence-electron chi connectivity index (χ2n) is 9.29. The summed E-state index contributed by atoms with van der Waals surface area (Å²) in [5.41, 5.74) is 2.45. The van der Waals surface area contributed by atoms with Gasteiger partial charge in [0.2, 0.25) is 0 Å². The summed E-state index contributed by atoms with van der Waals surface area (Å²) >= 11 is 1.51. The molecule has 0 radical (unpaired) electrons. The van der Waals surface area contributed by atoms with E-state index in [1.165, 1.54) is 33.7 Å². The van der Waals surface area contributed by atoms with Crippen molar-refractivity contribution in [2.45, 2.75) is 42.5 Å². The molecule has 0 N–H and O–H groups in total. The molecule has 0 amide bonds. The normalized spacial score (nSPS) is 21.9. The van der Waals surface area contributed by atoms with E-state index in [4.69, 9.17) is 9.72 Å². The van der Waals surface area contributed by atoms with Gasteiger partial charge in [-0.05, 0) is 55.4 Å². The largest absolute Gasteiger partial charge is 0.379 e. The summed E-state index contributed by atoms with van der Waals surface area (Å²) in [6.07, 6.45) is 9.88. The van der Waals surface area contributed by atoms with Crippen LogP contribution in [0.3, 0.4) is 0 Å². The number of morpholine rings is 1. The van der Waals surface area contributed by atoms with Gasteiger partial charge in [-0.25, -0.2) is 22.4 Å². The fourth-order valence-corrected chi connectivity index (χ4v) is 7.46. The first kappa shape index (κ1) is 22.8. The molecule has 182 valence electrons. The van der Waals surface area contributed by atoms with Gasteiger partial charge in [-0.15, -0.1) is 11.3 Å². The topological polar surface area (TPSA) is 77.3 Å². The number of nitrogens with zero attached hydrogens (tertiary/aromatic N) is 4. The van der Waals surface area contributed by atoms with Gasteiger partial charge in [0.15, 0.2) is 5.65 Å². The number of aromatic nitrogens is 3. The number of fused-ring (bicyclic) bond motifs is 1. The Balaban J connectivity index is 1.35. The van der Waals surface area contributed by atoms with Gasteiger partial charge in [-0.3, -0.25) is 4.90 Å². The number of ether oxygens (including phenoxy) is 1. The zero-order valence-electron chi connectivity index (χ0n) is 19.4. The van der Waals surface area contributed by atoms with Crippen molar-refractivity contribution < 1.29 is 13.2 Å². The lowest BCUT2D eigenvalue weighted by Gasteiger charge is -2.38. The Morgan fingerprint density at radius 1 is 1.00 bits per heavy atom. The number of benzene rings is 1. The van der Waals surface area contributed by atoms with Crippen molar-refractivity contribution in [3.63, 3.8) is 0 Å². The fraction of sp³-hybridized carbons (Fsp3) is 0.385. The first-order chi connectivity index (χ1) is 17.1. The quantitative estimate of drug-likeness (QED) is 0.387. The molecule has 0 atom stereocenters. The summed E-state index contributed by atoms with van der Waals surface area (Å²) in [5, 5.41) is 3.55. The number of hydrogen-bond acceptors (Lipinski definition) is 7. The predicted molar refractivity (Wildman–Crippen MR) is 137 cm³/mol. The van der Waals surface area contributed by atoms with Crippen LogP contribution in [0.2, 0.25) is 0 Å². The van der Waals surface area contributed by atoms with Crippen LogP contribution in [0.25, 0.3) is 21.6 Å². The van der Waals surface area contributed by atoms with E-state index in [0.717, 1.165) is 55.1 Å². The zero-order chi connectivity index (χ0) is 23.8. The van der Waals surface area contributed by atoms with Crippen molar-refractivity contribution in [2.75, 3.05) is 26.3 Å². The maximum atomic E-state index is 13.5. The highest BCUT2D eigenvalue weighted by atomic mass is 32.2. The minimum Gasteiger partial charge on any atom is -0.379 e. The van der Waals surface area contributed by atoms with Crippen molar-refractivity contribution in [3.8, 4) is 10.6 Å². The SMILES string of the molecule is O=S(=O)(c1ccccc1)n1cc(-c2nccs2)c2cc([C@H]3CC[C@@H](N4CCOCC4)CC3)cnc21. The van der Waals surface area contributed by atoms with E-state index in [2.05, 4.69) is 16.0 Å². The number of pyridine rings is 1. The average Bonchev–Trinajstić information content (AvgIpc) is 3.58. The Hall–Kier alpha value is -2.59. The molecule has 0 spiro atoms. The van der Waals surface area contributed by atoms with Crippen molar-refractivity contribution >= 4 is 32.4 Å². The molecule has 3 aromatic heterocycles. The molecule has 2 fully saturated rings. The van der Waals surface area contributed by atoms with Crippen LogP contribution < -0.4 is 0 Å². The van der Waals surface area contributed by atoms with Gasteiger partial charge in [0.25, 0.3) is 10.0 Å². The van der Waals surface area contributed by atoms with Gasteiger partial charge in [0, 0.05) is 54.1 Å². The van der Waals surface area contributed by atoms with Crippen LogP contribution in [-0.4, -0.2) is 59.6 Å². The molecule has 2 aliphatic rings. The first-order valence-corrected chi connectivity index (χ1v) is 14.5. The first-order valence-electron chi connectivity index (χ1n) is 12.1. The molecule has 7 nitrogen and oxygen atoms in total. The molecule has 1 aliphatic carbocycles. The molecule has 6 rings (SSSR count). The van der Waals surface area contributed by atoms with Crippen LogP contribution in [0, 0.1) is 0 Å². The summed E-state index contributed by atoms with van der Waals surface area (Å²) < 4.78 is 33.8. The average molecular weight is 509 g/mol. The van der Waals surface area contributed by atoms with Gasteiger partial charge in [-0.2, -0.15) is 0 Å². The van der Waals surface area contributed by atoms with E-state index in [1.54, 1.807) is 36.7 Å². The standard InChI is InChI=1S/C26H28N4O3S2/c31-35(32,22-4-2-1-3-5-22)30-18-24(26-27-10-15-34-26)23-16-20(17-28-25(23)30)19-6-8-21(9-7-19)29-11-13-33-14-12-29/h1-5,10,15-19,21H,6-9,11-14H2/t19-,21+. The van der Waals surface area contributed by atoms with Crippen LogP contribution in [0.4, 0.5) is 0 Å². The lowest BCUT2D eigenvalue weighted by atomic mass is 9.81. The van der Waals surface area contributed by atoms with Crippen LogP contribution in [0.1, 0.15) is 37.2 Å². The highest BCUT2D eigenvalue weighted by Crippen LogP contribution is 2.39. The van der Waals surface area contributed by atoms with Gasteiger partial charge < -0.3 is 4.74 Å². The highest BCUT2D eigenvalue weighted by Gasteiger charge is 2.29. The van der Waals surface area contributed by atoms with Crippen LogP contribution in [-0.2, 0) is 14.8 Å². The highest BCUT2D eigenvalue weighted by molar-refractivity contribution is 7.90. The maximum absolute atomic E-state index is 13.5. The van der Waals surface area contributed by atoms with Crippen molar-refractivity contribution in [3.05, 3.63) is 65.9 Å². The Bertz CT molecular complexity index is 1400. The monoisotopic (exact) mass is 508 g/mol. The Labute approximate surface area is 209 Å². The smallest absolute Gasteiger partial charge is 0.269 e. The Morgan fingerprint density at radius 3 is 2.49 bits per heavy atom. The van der Waals surface area contributed by atoms with Crippen LogP contribution >= 0.6 is 11.3 Å². The molecule has 1 saturated heterocycles. The molecule has 0 bridgehead atoms. The van der Waals surface area contributed by atoms with E-state index < -0.39 is 10.0 Å². The van der Waals surface area contributed by atoms with Gasteiger partial charge >= 0.3 is 0 Å². The third-order valence-electron chi connectivity index (χ3n) is 7.33. The second-order valence-corrected chi connectivity index (χ2v) is 12.0. The summed E-state index contributed by atoms with van der Waals surface area (Å²) in [4.78, 5) is 12.0. The molecule has 4 heterocycles. The molecular formula is C26H28N4O3S2. The molecule has 0 unspecified atom stereocenters. The predicted octanol–water partition coefficient (Wildman–Crippen LogP) is 4.76. The number of rotatable bonds is 5. The maximum Gasteiger partial charge on any atom is 0.269 e. The van der Waals surface area contributed by atoms with Gasteiger partial charge in [0.1, 0.15) is 5.01 Å². The number of hydrogen-bond donors (Lipinski definition) is 0. The van der Waals surface area contributed by atoms with E-state index in [9.17, 15) is 8.42 Å². The van der Waals surface area contributed by atoms with Crippen LogP contribution in [0.5, 0.6) is 0 Å². The molecular weight excluding hydrogens is 480 g/mol.